The van der Waals surface area contributed by atoms with Gasteiger partial charge in [0, 0.05) is 0 Å². The number of hydrogen-bond acceptors (Lipinski definition) is 1. The minimum absolute atomic E-state index is 0.227. The Labute approximate surface area is 89.2 Å². The predicted octanol–water partition coefficient (Wildman–Crippen LogP) is 4.06. The van der Waals surface area contributed by atoms with Gasteiger partial charge in [0.25, 0.3) is 0 Å². The molecule has 0 aromatic rings. The fourth-order valence-corrected chi connectivity index (χ4v) is 1.43. The van der Waals surface area contributed by atoms with Gasteiger partial charge in [0.2, 0.25) is 0 Å². The Hall–Kier alpha value is -0.300. The Balaban J connectivity index is 3.09. The number of aliphatic hydroxyl groups excluding tert-OH is 1. The molecule has 0 heterocycles. The van der Waals surface area contributed by atoms with Crippen molar-refractivity contribution >= 4 is 0 Å². The van der Waals surface area contributed by atoms with Gasteiger partial charge in [-0.05, 0) is 19.3 Å². The van der Waals surface area contributed by atoms with Crippen molar-refractivity contribution in [3.8, 4) is 0 Å². The first-order valence-electron chi connectivity index (χ1n) is 6.16. The zero-order chi connectivity index (χ0) is 10.6. The second-order valence-corrected chi connectivity index (χ2v) is 3.96. The highest BCUT2D eigenvalue weighted by atomic mass is 16.3. The summed E-state index contributed by atoms with van der Waals surface area (Å²) in [5.74, 6) is 0. The maximum absolute atomic E-state index is 9.24. The molecular formula is C13H26O. The van der Waals surface area contributed by atoms with Gasteiger partial charge in [-0.2, -0.15) is 0 Å². The van der Waals surface area contributed by atoms with Crippen molar-refractivity contribution in [2.75, 3.05) is 0 Å². The monoisotopic (exact) mass is 198 g/mol. The SMILES string of the molecule is CCCCCCCC/C=C/C(O)CC. The van der Waals surface area contributed by atoms with E-state index in [0.717, 1.165) is 12.8 Å². The van der Waals surface area contributed by atoms with Crippen LogP contribution in [-0.2, 0) is 0 Å². The molecule has 1 heteroatoms. The van der Waals surface area contributed by atoms with Crippen molar-refractivity contribution in [1.82, 2.24) is 0 Å². The molecule has 0 saturated heterocycles. The zero-order valence-electron chi connectivity index (χ0n) is 9.84. The molecule has 84 valence electrons. The molecule has 0 amide bonds. The number of aliphatic hydroxyl groups is 1. The van der Waals surface area contributed by atoms with Crippen molar-refractivity contribution in [1.29, 1.82) is 0 Å². The largest absolute Gasteiger partial charge is 0.389 e. The van der Waals surface area contributed by atoms with Gasteiger partial charge in [0.05, 0.1) is 6.10 Å². The van der Waals surface area contributed by atoms with Crippen LogP contribution in [0.25, 0.3) is 0 Å². The third kappa shape index (κ3) is 9.79. The average Bonchev–Trinajstić information content (AvgIpc) is 2.21. The van der Waals surface area contributed by atoms with Crippen molar-refractivity contribution in [2.24, 2.45) is 0 Å². The molecule has 0 rings (SSSR count). The smallest absolute Gasteiger partial charge is 0.0718 e. The lowest BCUT2D eigenvalue weighted by Gasteiger charge is -2.00. The molecule has 0 aliphatic carbocycles. The van der Waals surface area contributed by atoms with Gasteiger partial charge in [0.1, 0.15) is 0 Å². The summed E-state index contributed by atoms with van der Waals surface area (Å²) >= 11 is 0. The maximum Gasteiger partial charge on any atom is 0.0718 e. The summed E-state index contributed by atoms with van der Waals surface area (Å²) in [6.45, 7) is 4.24. The molecule has 0 radical (unpaired) electrons. The van der Waals surface area contributed by atoms with E-state index < -0.39 is 0 Å². The first kappa shape index (κ1) is 13.7. The zero-order valence-corrected chi connectivity index (χ0v) is 9.84. The van der Waals surface area contributed by atoms with E-state index in [9.17, 15) is 5.11 Å². The molecule has 0 aliphatic rings. The quantitative estimate of drug-likeness (QED) is 0.437. The van der Waals surface area contributed by atoms with Crippen molar-refractivity contribution in [2.45, 2.75) is 71.3 Å². The molecule has 0 fully saturated rings. The van der Waals surface area contributed by atoms with E-state index >= 15 is 0 Å². The summed E-state index contributed by atoms with van der Waals surface area (Å²) in [6, 6.07) is 0. The Kier molecular flexibility index (Phi) is 10.5. The molecule has 1 unspecified atom stereocenters. The highest BCUT2D eigenvalue weighted by Crippen LogP contribution is 2.07. The van der Waals surface area contributed by atoms with Crippen LogP contribution in [-0.4, -0.2) is 11.2 Å². The van der Waals surface area contributed by atoms with Crippen LogP contribution in [0.15, 0.2) is 12.2 Å². The first-order chi connectivity index (χ1) is 6.81. The molecule has 0 aromatic heterocycles. The predicted molar refractivity (Wildman–Crippen MR) is 63.4 cm³/mol. The standard InChI is InChI=1S/C13H26O/c1-3-5-6-7-8-9-10-11-12-13(14)4-2/h11-14H,3-10H2,1-2H3/b12-11+. The fraction of sp³-hybridized carbons (Fsp3) is 0.846. The molecule has 1 N–H and O–H groups in total. The van der Waals surface area contributed by atoms with Crippen LogP contribution in [0.2, 0.25) is 0 Å². The summed E-state index contributed by atoms with van der Waals surface area (Å²) < 4.78 is 0. The third-order valence-electron chi connectivity index (χ3n) is 2.50. The van der Waals surface area contributed by atoms with E-state index in [2.05, 4.69) is 13.0 Å². The van der Waals surface area contributed by atoms with Crippen LogP contribution in [0.1, 0.15) is 65.2 Å². The van der Waals surface area contributed by atoms with E-state index in [4.69, 9.17) is 0 Å². The maximum atomic E-state index is 9.24. The van der Waals surface area contributed by atoms with E-state index in [1.165, 1.54) is 38.5 Å². The van der Waals surface area contributed by atoms with Crippen LogP contribution < -0.4 is 0 Å². The average molecular weight is 198 g/mol. The van der Waals surface area contributed by atoms with E-state index in [-0.39, 0.29) is 6.10 Å². The van der Waals surface area contributed by atoms with Crippen LogP contribution in [0.3, 0.4) is 0 Å². The first-order valence-corrected chi connectivity index (χ1v) is 6.16. The Morgan fingerprint density at radius 1 is 1.00 bits per heavy atom. The lowest BCUT2D eigenvalue weighted by Crippen LogP contribution is -1.97. The molecule has 0 aromatic carbocycles. The minimum atomic E-state index is -0.227. The van der Waals surface area contributed by atoms with E-state index in [1.54, 1.807) is 0 Å². The number of hydrogen-bond donors (Lipinski definition) is 1. The summed E-state index contributed by atoms with van der Waals surface area (Å²) in [6.07, 6.45) is 13.8. The van der Waals surface area contributed by atoms with Crippen molar-refractivity contribution in [3.63, 3.8) is 0 Å². The molecular weight excluding hydrogens is 172 g/mol. The van der Waals surface area contributed by atoms with Gasteiger partial charge < -0.3 is 5.11 Å². The summed E-state index contributed by atoms with van der Waals surface area (Å²) in [5.41, 5.74) is 0. The molecule has 0 spiro atoms. The fourth-order valence-electron chi connectivity index (χ4n) is 1.43. The second kappa shape index (κ2) is 10.8. The third-order valence-corrected chi connectivity index (χ3v) is 2.50. The molecule has 1 atom stereocenters. The molecule has 0 saturated carbocycles. The lowest BCUT2D eigenvalue weighted by molar-refractivity contribution is 0.219. The van der Waals surface area contributed by atoms with Crippen LogP contribution >= 0.6 is 0 Å². The summed E-state index contributed by atoms with van der Waals surface area (Å²) in [5, 5.41) is 9.24. The molecule has 14 heavy (non-hydrogen) atoms. The number of unbranched alkanes of at least 4 members (excludes halogenated alkanes) is 6. The lowest BCUT2D eigenvalue weighted by atomic mass is 10.1. The molecule has 1 nitrogen and oxygen atoms in total. The van der Waals surface area contributed by atoms with Gasteiger partial charge in [-0.3, -0.25) is 0 Å². The molecule has 0 aliphatic heterocycles. The summed E-state index contributed by atoms with van der Waals surface area (Å²) in [7, 11) is 0. The van der Waals surface area contributed by atoms with Gasteiger partial charge >= 0.3 is 0 Å². The van der Waals surface area contributed by atoms with Gasteiger partial charge in [-0.15, -0.1) is 0 Å². The van der Waals surface area contributed by atoms with E-state index in [0.29, 0.717) is 0 Å². The van der Waals surface area contributed by atoms with Gasteiger partial charge in [0.15, 0.2) is 0 Å². The normalized spacial score (nSPS) is 13.6. The Morgan fingerprint density at radius 3 is 2.29 bits per heavy atom. The minimum Gasteiger partial charge on any atom is -0.389 e. The van der Waals surface area contributed by atoms with Gasteiger partial charge in [-0.25, -0.2) is 0 Å². The highest BCUT2D eigenvalue weighted by molar-refractivity contribution is 4.87. The number of allylic oxidation sites excluding steroid dienone is 1. The highest BCUT2D eigenvalue weighted by Gasteiger charge is 1.92. The van der Waals surface area contributed by atoms with Crippen molar-refractivity contribution < 1.29 is 5.11 Å². The van der Waals surface area contributed by atoms with Crippen molar-refractivity contribution in [3.05, 3.63) is 12.2 Å². The topological polar surface area (TPSA) is 20.2 Å². The summed E-state index contributed by atoms with van der Waals surface area (Å²) in [4.78, 5) is 0. The van der Waals surface area contributed by atoms with Crippen LogP contribution in [0.4, 0.5) is 0 Å². The second-order valence-electron chi connectivity index (χ2n) is 3.96. The van der Waals surface area contributed by atoms with Crippen LogP contribution in [0.5, 0.6) is 0 Å². The molecule has 0 bridgehead atoms. The van der Waals surface area contributed by atoms with Gasteiger partial charge in [-0.1, -0.05) is 58.1 Å². The number of rotatable bonds is 9. The Morgan fingerprint density at radius 2 is 1.64 bits per heavy atom. The van der Waals surface area contributed by atoms with E-state index in [1.807, 2.05) is 13.0 Å². The Bertz CT molecular complexity index is 129. The van der Waals surface area contributed by atoms with Crippen LogP contribution in [0, 0.1) is 0 Å².